The zero-order valence-corrected chi connectivity index (χ0v) is 9.24. The highest BCUT2D eigenvalue weighted by molar-refractivity contribution is 6.02. The molecule has 1 amide bonds. The number of hydrogen-bond acceptors (Lipinski definition) is 2. The maximum atomic E-state index is 13.2. The number of ether oxygens (including phenoxy) is 1. The topological polar surface area (TPSA) is 29.5 Å². The molecular weight excluding hydrogens is 228 g/mol. The van der Waals surface area contributed by atoms with E-state index in [1.54, 1.807) is 6.92 Å². The van der Waals surface area contributed by atoms with Crippen molar-refractivity contribution in [1.82, 2.24) is 0 Å². The second-order valence-corrected chi connectivity index (χ2v) is 3.82. The van der Waals surface area contributed by atoms with Crippen molar-refractivity contribution < 1.29 is 18.3 Å². The third-order valence-corrected chi connectivity index (χ3v) is 2.50. The van der Waals surface area contributed by atoms with Gasteiger partial charge in [0.2, 0.25) is 0 Å². The summed E-state index contributed by atoms with van der Waals surface area (Å²) in [7, 11) is 0. The van der Waals surface area contributed by atoms with Gasteiger partial charge in [0.15, 0.2) is 11.6 Å². The summed E-state index contributed by atoms with van der Waals surface area (Å²) in [6, 6.07) is 1.90. The van der Waals surface area contributed by atoms with Crippen LogP contribution in [0.4, 0.5) is 14.5 Å². The molecule has 1 aliphatic rings. The summed E-state index contributed by atoms with van der Waals surface area (Å²) in [5, 5.41) is 0. The van der Waals surface area contributed by atoms with Gasteiger partial charge < -0.3 is 9.64 Å². The molecule has 0 saturated carbocycles. The Kier molecular flexibility index (Phi) is 2.83. The molecule has 2 rings (SSSR count). The summed E-state index contributed by atoms with van der Waals surface area (Å²) in [5.74, 6) is -2.21. The van der Waals surface area contributed by atoms with Crippen molar-refractivity contribution in [3.05, 3.63) is 36.4 Å². The number of carbonyl (C=O) groups excluding carboxylic acids is 1. The largest absolute Gasteiger partial charge is 0.487 e. The lowest BCUT2D eigenvalue weighted by atomic mass is 10.2. The molecule has 0 aromatic heterocycles. The number of hydrogen-bond donors (Lipinski definition) is 0. The predicted molar refractivity (Wildman–Crippen MR) is 59.0 cm³/mol. The highest BCUT2D eigenvalue weighted by Crippen LogP contribution is 2.35. The molecule has 1 atom stereocenters. The number of rotatable bonds is 1. The highest BCUT2D eigenvalue weighted by Gasteiger charge is 2.27. The number of benzene rings is 1. The van der Waals surface area contributed by atoms with E-state index >= 15 is 0 Å². The summed E-state index contributed by atoms with van der Waals surface area (Å²) in [6.07, 6.45) is 0.847. The first-order valence-corrected chi connectivity index (χ1v) is 5.12. The van der Waals surface area contributed by atoms with Gasteiger partial charge in [0.1, 0.15) is 11.9 Å². The summed E-state index contributed by atoms with van der Waals surface area (Å²) < 4.78 is 31.6. The number of anilines is 1. The summed E-state index contributed by atoms with van der Waals surface area (Å²) >= 11 is 0. The number of halogens is 2. The molecule has 0 radical (unpaired) electrons. The molecule has 0 saturated heterocycles. The maximum Gasteiger partial charge on any atom is 0.250 e. The van der Waals surface area contributed by atoms with Gasteiger partial charge in [-0.3, -0.25) is 4.79 Å². The van der Waals surface area contributed by atoms with Crippen molar-refractivity contribution in [2.24, 2.45) is 0 Å². The van der Waals surface area contributed by atoms with Gasteiger partial charge in [-0.2, -0.15) is 0 Å². The average Bonchev–Trinajstić information content (AvgIpc) is 2.29. The van der Waals surface area contributed by atoms with E-state index in [0.29, 0.717) is 0 Å². The second kappa shape index (κ2) is 4.16. The van der Waals surface area contributed by atoms with Crippen molar-refractivity contribution in [3.63, 3.8) is 0 Å². The van der Waals surface area contributed by atoms with Crippen LogP contribution in [-0.2, 0) is 4.79 Å². The lowest BCUT2D eigenvalue weighted by Gasteiger charge is -2.32. The standard InChI is InChI=1S/C12H11F2NO2/c1-3-12(16)15-6-7(2)17-11-5-9(14)8(13)4-10(11)15/h3-5,7H,1,6H2,2H3. The van der Waals surface area contributed by atoms with Crippen LogP contribution in [0.15, 0.2) is 24.8 Å². The van der Waals surface area contributed by atoms with Crippen LogP contribution >= 0.6 is 0 Å². The highest BCUT2D eigenvalue weighted by atomic mass is 19.2. The fourth-order valence-corrected chi connectivity index (χ4v) is 1.75. The summed E-state index contributed by atoms with van der Waals surface area (Å²) in [4.78, 5) is 12.9. The Bertz CT molecular complexity index is 488. The van der Waals surface area contributed by atoms with Gasteiger partial charge in [-0.25, -0.2) is 8.78 Å². The molecule has 1 aromatic carbocycles. The number of carbonyl (C=O) groups is 1. The van der Waals surface area contributed by atoms with Gasteiger partial charge in [-0.05, 0) is 13.0 Å². The molecule has 0 N–H and O–H groups in total. The molecule has 3 nitrogen and oxygen atoms in total. The van der Waals surface area contributed by atoms with Crippen molar-refractivity contribution in [2.75, 3.05) is 11.4 Å². The third kappa shape index (κ3) is 2.00. The van der Waals surface area contributed by atoms with E-state index in [9.17, 15) is 13.6 Å². The van der Waals surface area contributed by atoms with Crippen molar-refractivity contribution in [3.8, 4) is 5.75 Å². The fourth-order valence-electron chi connectivity index (χ4n) is 1.75. The van der Waals surface area contributed by atoms with Crippen molar-refractivity contribution >= 4 is 11.6 Å². The quantitative estimate of drug-likeness (QED) is 0.703. The van der Waals surface area contributed by atoms with E-state index in [1.807, 2.05) is 0 Å². The Morgan fingerprint density at radius 3 is 2.82 bits per heavy atom. The minimum absolute atomic E-state index is 0.165. The normalized spacial score (nSPS) is 18.3. The number of nitrogens with zero attached hydrogens (tertiary/aromatic N) is 1. The first kappa shape index (κ1) is 11.6. The van der Waals surface area contributed by atoms with Crippen LogP contribution < -0.4 is 9.64 Å². The Morgan fingerprint density at radius 1 is 1.53 bits per heavy atom. The summed E-state index contributed by atoms with van der Waals surface area (Å²) in [6.45, 7) is 5.40. The van der Waals surface area contributed by atoms with E-state index in [-0.39, 0.29) is 30.0 Å². The van der Waals surface area contributed by atoms with E-state index in [0.717, 1.165) is 18.2 Å². The molecule has 90 valence electrons. The minimum atomic E-state index is -1.01. The van der Waals surface area contributed by atoms with Gasteiger partial charge in [0, 0.05) is 12.1 Å². The smallest absolute Gasteiger partial charge is 0.250 e. The van der Waals surface area contributed by atoms with Gasteiger partial charge in [0.05, 0.1) is 12.2 Å². The molecule has 1 aliphatic heterocycles. The van der Waals surface area contributed by atoms with Crippen LogP contribution in [-0.4, -0.2) is 18.6 Å². The Hall–Kier alpha value is -1.91. The molecule has 17 heavy (non-hydrogen) atoms. The lowest BCUT2D eigenvalue weighted by Crippen LogP contribution is -2.41. The fraction of sp³-hybridized carbons (Fsp3) is 0.250. The molecule has 1 unspecified atom stereocenters. The molecule has 0 bridgehead atoms. The molecule has 0 aliphatic carbocycles. The van der Waals surface area contributed by atoms with Gasteiger partial charge in [0.25, 0.3) is 5.91 Å². The predicted octanol–water partition coefficient (Wildman–Crippen LogP) is 2.26. The first-order chi connectivity index (χ1) is 8.02. The van der Waals surface area contributed by atoms with E-state index in [2.05, 4.69) is 6.58 Å². The van der Waals surface area contributed by atoms with Crippen LogP contribution in [0.1, 0.15) is 6.92 Å². The number of amides is 1. The van der Waals surface area contributed by atoms with Crippen LogP contribution in [0.5, 0.6) is 5.75 Å². The molecule has 0 spiro atoms. The molecule has 5 heteroatoms. The average molecular weight is 239 g/mol. The maximum absolute atomic E-state index is 13.2. The Balaban J connectivity index is 2.52. The van der Waals surface area contributed by atoms with Crippen LogP contribution in [0, 0.1) is 11.6 Å². The first-order valence-electron chi connectivity index (χ1n) is 5.12. The number of fused-ring (bicyclic) bond motifs is 1. The Labute approximate surface area is 97.3 Å². The zero-order valence-electron chi connectivity index (χ0n) is 9.24. The molecule has 1 heterocycles. The molecule has 0 fully saturated rings. The van der Waals surface area contributed by atoms with E-state index in [1.165, 1.54) is 4.90 Å². The third-order valence-electron chi connectivity index (χ3n) is 2.50. The summed E-state index contributed by atoms with van der Waals surface area (Å²) in [5.41, 5.74) is 0.229. The van der Waals surface area contributed by atoms with E-state index < -0.39 is 11.6 Å². The van der Waals surface area contributed by atoms with Crippen molar-refractivity contribution in [2.45, 2.75) is 13.0 Å². The second-order valence-electron chi connectivity index (χ2n) is 3.82. The van der Waals surface area contributed by atoms with Gasteiger partial charge in [-0.1, -0.05) is 6.58 Å². The van der Waals surface area contributed by atoms with Gasteiger partial charge >= 0.3 is 0 Å². The Morgan fingerprint density at radius 2 is 2.18 bits per heavy atom. The van der Waals surface area contributed by atoms with Crippen LogP contribution in [0.25, 0.3) is 0 Å². The van der Waals surface area contributed by atoms with Crippen molar-refractivity contribution in [1.29, 1.82) is 0 Å². The molecule has 1 aromatic rings. The van der Waals surface area contributed by atoms with Gasteiger partial charge in [-0.15, -0.1) is 0 Å². The lowest BCUT2D eigenvalue weighted by molar-refractivity contribution is -0.114. The monoisotopic (exact) mass is 239 g/mol. The van der Waals surface area contributed by atoms with Crippen LogP contribution in [0.2, 0.25) is 0 Å². The van der Waals surface area contributed by atoms with E-state index in [4.69, 9.17) is 4.74 Å². The molecular formula is C12H11F2NO2. The minimum Gasteiger partial charge on any atom is -0.487 e. The zero-order chi connectivity index (χ0) is 12.6. The van der Waals surface area contributed by atoms with Crippen LogP contribution in [0.3, 0.4) is 0 Å². The SMILES string of the molecule is C=CC(=O)N1CC(C)Oc2cc(F)c(F)cc21.